The van der Waals surface area contributed by atoms with Gasteiger partial charge in [-0.3, -0.25) is 0 Å². The highest BCUT2D eigenvalue weighted by Gasteiger charge is 1.90. The number of benzene rings is 1. The van der Waals surface area contributed by atoms with E-state index in [9.17, 15) is 0 Å². The molecule has 11 heavy (non-hydrogen) atoms. The van der Waals surface area contributed by atoms with Gasteiger partial charge < -0.3 is 0 Å². The summed E-state index contributed by atoms with van der Waals surface area (Å²) in [6.07, 6.45) is 1.23. The van der Waals surface area contributed by atoms with E-state index in [-0.39, 0.29) is 0 Å². The van der Waals surface area contributed by atoms with Crippen LogP contribution in [-0.4, -0.2) is 5.75 Å². The monoisotopic (exact) mass is 184 g/mol. The van der Waals surface area contributed by atoms with E-state index in [1.165, 1.54) is 17.1 Å². The van der Waals surface area contributed by atoms with Crippen molar-refractivity contribution in [2.75, 3.05) is 5.75 Å². The smallest absolute Gasteiger partial charge is 0.00727 e. The third-order valence-corrected chi connectivity index (χ3v) is 2.83. The lowest BCUT2D eigenvalue weighted by atomic mass is 10.4. The molecular formula is C9H12S2. The fourth-order valence-corrected chi connectivity index (χ4v) is 1.68. The van der Waals surface area contributed by atoms with E-state index >= 15 is 0 Å². The van der Waals surface area contributed by atoms with E-state index in [1.54, 1.807) is 0 Å². The molecule has 0 aliphatic heterocycles. The lowest BCUT2D eigenvalue weighted by Crippen LogP contribution is -1.74. The van der Waals surface area contributed by atoms with Gasteiger partial charge in [-0.15, -0.1) is 24.4 Å². The zero-order chi connectivity index (χ0) is 8.10. The van der Waals surface area contributed by atoms with Gasteiger partial charge in [-0.05, 0) is 36.4 Å². The average molecular weight is 184 g/mol. The van der Waals surface area contributed by atoms with Crippen LogP contribution in [0, 0.1) is 0 Å². The van der Waals surface area contributed by atoms with Crippen molar-refractivity contribution in [3.8, 4) is 0 Å². The molecule has 0 bridgehead atoms. The third-order valence-electron chi connectivity index (χ3n) is 1.31. The molecule has 0 aliphatic carbocycles. The van der Waals surface area contributed by atoms with Crippen LogP contribution < -0.4 is 0 Å². The summed E-state index contributed by atoms with van der Waals surface area (Å²) < 4.78 is 0. The minimum atomic E-state index is 1.03. The zero-order valence-corrected chi connectivity index (χ0v) is 8.29. The minimum absolute atomic E-state index is 1.03. The van der Waals surface area contributed by atoms with Crippen molar-refractivity contribution in [2.24, 2.45) is 0 Å². The van der Waals surface area contributed by atoms with Crippen LogP contribution >= 0.6 is 24.4 Å². The standard InChI is InChI=1S/C9H12S2/c1-2-7-11-9-5-3-8(10)4-6-9/h3-6,10H,2,7H2,1H3. The number of rotatable bonds is 3. The quantitative estimate of drug-likeness (QED) is 0.554. The van der Waals surface area contributed by atoms with Crippen molar-refractivity contribution in [3.63, 3.8) is 0 Å². The van der Waals surface area contributed by atoms with Crippen LogP contribution in [-0.2, 0) is 0 Å². The Morgan fingerprint density at radius 3 is 2.45 bits per heavy atom. The van der Waals surface area contributed by atoms with E-state index in [0.29, 0.717) is 0 Å². The van der Waals surface area contributed by atoms with Gasteiger partial charge in [0.1, 0.15) is 0 Å². The Balaban J connectivity index is 2.52. The fraction of sp³-hybridized carbons (Fsp3) is 0.333. The maximum Gasteiger partial charge on any atom is 0.00727 e. The molecule has 2 heteroatoms. The average Bonchev–Trinajstić information content (AvgIpc) is 2.04. The predicted molar refractivity (Wildman–Crippen MR) is 54.7 cm³/mol. The van der Waals surface area contributed by atoms with Crippen LogP contribution in [0.3, 0.4) is 0 Å². The molecule has 1 aromatic carbocycles. The summed E-state index contributed by atoms with van der Waals surface area (Å²) in [6, 6.07) is 8.29. The van der Waals surface area contributed by atoms with Crippen LogP contribution in [0.2, 0.25) is 0 Å². The molecule has 60 valence electrons. The van der Waals surface area contributed by atoms with E-state index in [1.807, 2.05) is 23.9 Å². The van der Waals surface area contributed by atoms with Crippen LogP contribution in [0.4, 0.5) is 0 Å². The van der Waals surface area contributed by atoms with E-state index in [0.717, 1.165) is 4.90 Å². The third kappa shape index (κ3) is 3.21. The highest BCUT2D eigenvalue weighted by molar-refractivity contribution is 7.99. The molecule has 0 atom stereocenters. The fourth-order valence-electron chi connectivity index (χ4n) is 0.762. The highest BCUT2D eigenvalue weighted by Crippen LogP contribution is 2.19. The molecule has 0 nitrogen and oxygen atoms in total. The van der Waals surface area contributed by atoms with Crippen LogP contribution in [0.15, 0.2) is 34.1 Å². The first-order valence-corrected chi connectivity index (χ1v) is 5.18. The number of thiol groups is 1. The van der Waals surface area contributed by atoms with Gasteiger partial charge in [0.2, 0.25) is 0 Å². The Bertz CT molecular complexity index is 203. The Morgan fingerprint density at radius 1 is 1.27 bits per heavy atom. The first kappa shape index (κ1) is 9.01. The van der Waals surface area contributed by atoms with E-state index in [4.69, 9.17) is 0 Å². The first-order chi connectivity index (χ1) is 5.33. The van der Waals surface area contributed by atoms with Gasteiger partial charge in [-0.2, -0.15) is 0 Å². The minimum Gasteiger partial charge on any atom is -0.143 e. The zero-order valence-electron chi connectivity index (χ0n) is 6.58. The van der Waals surface area contributed by atoms with E-state index in [2.05, 4.69) is 31.7 Å². The van der Waals surface area contributed by atoms with Gasteiger partial charge in [0.05, 0.1) is 0 Å². The molecule has 1 rings (SSSR count). The van der Waals surface area contributed by atoms with Crippen LogP contribution in [0.25, 0.3) is 0 Å². The van der Waals surface area contributed by atoms with Gasteiger partial charge in [-0.25, -0.2) is 0 Å². The molecule has 0 amide bonds. The number of hydrogen-bond acceptors (Lipinski definition) is 2. The summed E-state index contributed by atoms with van der Waals surface area (Å²) in [6.45, 7) is 2.19. The second-order valence-corrected chi connectivity index (χ2v) is 4.03. The molecule has 0 aromatic heterocycles. The highest BCUT2D eigenvalue weighted by atomic mass is 32.2. The Morgan fingerprint density at radius 2 is 1.91 bits per heavy atom. The molecule has 0 fully saturated rings. The van der Waals surface area contributed by atoms with Crippen molar-refractivity contribution in [2.45, 2.75) is 23.1 Å². The lowest BCUT2D eigenvalue weighted by Gasteiger charge is -1.98. The topological polar surface area (TPSA) is 0 Å². The molecule has 0 aliphatic rings. The second kappa shape index (κ2) is 4.73. The summed E-state index contributed by atoms with van der Waals surface area (Å²) >= 11 is 6.11. The maximum absolute atomic E-state index is 4.21. The molecule has 0 heterocycles. The predicted octanol–water partition coefficient (Wildman–Crippen LogP) is 3.48. The summed E-state index contributed by atoms with van der Waals surface area (Å²) in [5, 5.41) is 0. The van der Waals surface area contributed by atoms with Gasteiger partial charge in [-0.1, -0.05) is 6.92 Å². The van der Waals surface area contributed by atoms with Crippen LogP contribution in [0.1, 0.15) is 13.3 Å². The molecule has 0 radical (unpaired) electrons. The summed E-state index contributed by atoms with van der Waals surface area (Å²) in [5.41, 5.74) is 0. The molecule has 0 unspecified atom stereocenters. The Kier molecular flexibility index (Phi) is 3.87. The Labute approximate surface area is 77.8 Å². The normalized spacial score (nSPS) is 10.0. The van der Waals surface area contributed by atoms with Crippen molar-refractivity contribution < 1.29 is 0 Å². The van der Waals surface area contributed by atoms with Crippen molar-refractivity contribution >= 4 is 24.4 Å². The van der Waals surface area contributed by atoms with Crippen molar-refractivity contribution in [3.05, 3.63) is 24.3 Å². The van der Waals surface area contributed by atoms with Gasteiger partial charge in [0.15, 0.2) is 0 Å². The summed E-state index contributed by atoms with van der Waals surface area (Å²) in [5.74, 6) is 1.20. The first-order valence-electron chi connectivity index (χ1n) is 3.74. The van der Waals surface area contributed by atoms with Crippen molar-refractivity contribution in [1.29, 1.82) is 0 Å². The maximum atomic E-state index is 4.21. The Hall–Kier alpha value is -0.0800. The SMILES string of the molecule is CCCSc1ccc(S)cc1. The molecule has 1 aromatic rings. The lowest BCUT2D eigenvalue weighted by molar-refractivity contribution is 1.10. The molecule has 0 saturated carbocycles. The van der Waals surface area contributed by atoms with Gasteiger partial charge in [0.25, 0.3) is 0 Å². The van der Waals surface area contributed by atoms with Gasteiger partial charge in [0, 0.05) is 9.79 Å². The largest absolute Gasteiger partial charge is 0.143 e. The molecule has 0 saturated heterocycles. The van der Waals surface area contributed by atoms with Gasteiger partial charge >= 0.3 is 0 Å². The second-order valence-electron chi connectivity index (χ2n) is 2.34. The summed E-state index contributed by atoms with van der Waals surface area (Å²) in [7, 11) is 0. The van der Waals surface area contributed by atoms with E-state index < -0.39 is 0 Å². The summed E-state index contributed by atoms with van der Waals surface area (Å²) in [4.78, 5) is 2.37. The van der Waals surface area contributed by atoms with Crippen molar-refractivity contribution in [1.82, 2.24) is 0 Å². The number of hydrogen-bond donors (Lipinski definition) is 1. The number of thioether (sulfide) groups is 1. The van der Waals surface area contributed by atoms with Crippen LogP contribution in [0.5, 0.6) is 0 Å². The molecule has 0 spiro atoms. The molecule has 0 N–H and O–H groups in total. The molecular weight excluding hydrogens is 172 g/mol.